The minimum absolute atomic E-state index is 0.0441. The zero-order valence-corrected chi connectivity index (χ0v) is 9.96. The molecule has 0 bridgehead atoms. The van der Waals surface area contributed by atoms with E-state index in [1.165, 1.54) is 11.9 Å². The number of hydrogen-bond acceptors (Lipinski definition) is 5. The molecule has 0 aromatic carbocycles. The summed E-state index contributed by atoms with van der Waals surface area (Å²) in [6, 6.07) is -0.562. The van der Waals surface area contributed by atoms with Gasteiger partial charge < -0.3 is 15.1 Å². The van der Waals surface area contributed by atoms with Crippen LogP contribution >= 0.6 is 0 Å². The molecule has 1 aliphatic rings. The van der Waals surface area contributed by atoms with Gasteiger partial charge in [0.05, 0.1) is 0 Å². The molecule has 8 nitrogen and oxygen atoms in total. The molecule has 0 spiro atoms. The fourth-order valence-corrected chi connectivity index (χ4v) is 2.06. The van der Waals surface area contributed by atoms with Crippen LogP contribution in [-0.2, 0) is 23.1 Å². The van der Waals surface area contributed by atoms with Crippen molar-refractivity contribution in [2.24, 2.45) is 12.8 Å². The number of nitrogens with two attached hydrogens (primary N) is 1. The molecule has 1 aromatic rings. The summed E-state index contributed by atoms with van der Waals surface area (Å²) >= 11 is 0. The van der Waals surface area contributed by atoms with Gasteiger partial charge >= 0.3 is 5.76 Å². The second-order valence-corrected chi connectivity index (χ2v) is 4.21. The number of hydrogen-bond donors (Lipinski definition) is 1. The molecular formula is C10H14N4O4. The van der Waals surface area contributed by atoms with Gasteiger partial charge in [0, 0.05) is 13.6 Å². The molecule has 18 heavy (non-hydrogen) atoms. The van der Waals surface area contributed by atoms with Crippen LogP contribution in [0.2, 0.25) is 0 Å². The van der Waals surface area contributed by atoms with Gasteiger partial charge in [0.2, 0.25) is 17.7 Å². The number of nitrogens with zero attached hydrogens (tertiary/aromatic N) is 3. The number of amides is 2. The molecule has 1 atom stereocenters. The molecule has 2 N–H and O–H groups in total. The van der Waals surface area contributed by atoms with Crippen LogP contribution in [0.3, 0.4) is 0 Å². The molecule has 98 valence electrons. The molecular weight excluding hydrogens is 240 g/mol. The van der Waals surface area contributed by atoms with Gasteiger partial charge in [-0.25, -0.2) is 4.79 Å². The molecule has 1 fully saturated rings. The predicted molar refractivity (Wildman–Crippen MR) is 59.4 cm³/mol. The van der Waals surface area contributed by atoms with Crippen LogP contribution in [0.25, 0.3) is 0 Å². The number of aromatic nitrogens is 2. The van der Waals surface area contributed by atoms with E-state index in [1.807, 2.05) is 0 Å². The maximum absolute atomic E-state index is 12.0. The average molecular weight is 254 g/mol. The first-order chi connectivity index (χ1) is 8.49. The van der Waals surface area contributed by atoms with Gasteiger partial charge in [0.25, 0.3) is 0 Å². The van der Waals surface area contributed by atoms with Crippen molar-refractivity contribution in [3.8, 4) is 0 Å². The fraction of sp³-hybridized carbons (Fsp3) is 0.600. The van der Waals surface area contributed by atoms with Crippen molar-refractivity contribution in [2.45, 2.75) is 25.3 Å². The summed E-state index contributed by atoms with van der Waals surface area (Å²) in [7, 11) is 1.43. The van der Waals surface area contributed by atoms with Gasteiger partial charge in [0.15, 0.2) is 0 Å². The number of primary amides is 1. The average Bonchev–Trinajstić information content (AvgIpc) is 2.86. The lowest BCUT2D eigenvalue weighted by Crippen LogP contribution is -2.44. The lowest BCUT2D eigenvalue weighted by molar-refractivity contribution is -0.137. The summed E-state index contributed by atoms with van der Waals surface area (Å²) < 4.78 is 5.78. The van der Waals surface area contributed by atoms with Crippen LogP contribution < -0.4 is 11.5 Å². The topological polar surface area (TPSA) is 111 Å². The third-order valence-corrected chi connectivity index (χ3v) is 2.93. The van der Waals surface area contributed by atoms with Gasteiger partial charge in [-0.1, -0.05) is 0 Å². The second kappa shape index (κ2) is 4.63. The molecule has 1 unspecified atom stereocenters. The van der Waals surface area contributed by atoms with Crippen LogP contribution in [0.4, 0.5) is 0 Å². The van der Waals surface area contributed by atoms with E-state index < -0.39 is 17.7 Å². The summed E-state index contributed by atoms with van der Waals surface area (Å²) in [5.41, 5.74) is 5.22. The smallest absolute Gasteiger partial charge is 0.392 e. The molecule has 2 heterocycles. The Morgan fingerprint density at radius 2 is 2.28 bits per heavy atom. The fourth-order valence-electron chi connectivity index (χ4n) is 2.06. The van der Waals surface area contributed by atoms with E-state index in [0.717, 1.165) is 11.1 Å². The molecule has 2 rings (SSSR count). The number of aryl methyl sites for hydroxylation is 1. The van der Waals surface area contributed by atoms with E-state index in [4.69, 9.17) is 10.2 Å². The van der Waals surface area contributed by atoms with Gasteiger partial charge in [-0.3, -0.25) is 9.59 Å². The van der Waals surface area contributed by atoms with E-state index in [9.17, 15) is 14.4 Å². The first-order valence-corrected chi connectivity index (χ1v) is 5.61. The van der Waals surface area contributed by atoms with E-state index in [-0.39, 0.29) is 18.2 Å². The maximum Gasteiger partial charge on any atom is 0.436 e. The minimum Gasteiger partial charge on any atom is -0.392 e. The molecule has 0 aliphatic carbocycles. The van der Waals surface area contributed by atoms with Crippen molar-refractivity contribution in [1.29, 1.82) is 0 Å². The highest BCUT2D eigenvalue weighted by Gasteiger charge is 2.33. The highest BCUT2D eigenvalue weighted by molar-refractivity contribution is 5.87. The molecule has 2 amide bonds. The third-order valence-electron chi connectivity index (χ3n) is 2.93. The largest absolute Gasteiger partial charge is 0.436 e. The zero-order chi connectivity index (χ0) is 13.3. The quantitative estimate of drug-likeness (QED) is 0.697. The van der Waals surface area contributed by atoms with Crippen LogP contribution in [0.5, 0.6) is 0 Å². The summed E-state index contributed by atoms with van der Waals surface area (Å²) in [6.45, 7) is 0.490. The molecule has 0 saturated carbocycles. The Hall–Kier alpha value is -2.12. The van der Waals surface area contributed by atoms with Crippen molar-refractivity contribution in [1.82, 2.24) is 14.7 Å². The number of rotatable bonds is 3. The van der Waals surface area contributed by atoms with E-state index in [0.29, 0.717) is 13.0 Å². The lowest BCUT2D eigenvalue weighted by Gasteiger charge is -2.21. The molecule has 0 radical (unpaired) electrons. The summed E-state index contributed by atoms with van der Waals surface area (Å²) in [5.74, 6) is -1.39. The molecule has 1 saturated heterocycles. The lowest BCUT2D eigenvalue weighted by atomic mass is 10.2. The molecule has 8 heteroatoms. The Balaban J connectivity index is 2.08. The van der Waals surface area contributed by atoms with E-state index in [2.05, 4.69) is 5.10 Å². The van der Waals surface area contributed by atoms with Crippen LogP contribution in [0.15, 0.2) is 9.21 Å². The van der Waals surface area contributed by atoms with Crippen LogP contribution in [0.1, 0.15) is 18.7 Å². The zero-order valence-electron chi connectivity index (χ0n) is 9.96. The van der Waals surface area contributed by atoms with Gasteiger partial charge in [-0.05, 0) is 12.8 Å². The monoisotopic (exact) mass is 254 g/mol. The van der Waals surface area contributed by atoms with Crippen molar-refractivity contribution in [3.63, 3.8) is 0 Å². The standard InChI is InChI=1S/C10H14N4O4/c1-13-10(17)18-7(12-13)5-8(15)14-4-2-3-6(14)9(11)16/h6H,2-5H2,1H3,(H2,11,16). The Morgan fingerprint density at radius 3 is 2.83 bits per heavy atom. The Morgan fingerprint density at radius 1 is 1.56 bits per heavy atom. The summed E-state index contributed by atoms with van der Waals surface area (Å²) in [4.78, 5) is 35.6. The Bertz CT molecular complexity index is 532. The minimum atomic E-state index is -0.620. The SMILES string of the molecule is Cn1nc(CC(=O)N2CCCC2C(N)=O)oc1=O. The number of carbonyl (C=O) groups excluding carboxylic acids is 2. The number of likely N-dealkylation sites (tertiary alicyclic amines) is 1. The maximum atomic E-state index is 12.0. The Kier molecular flexibility index (Phi) is 3.17. The normalized spacial score (nSPS) is 19.2. The highest BCUT2D eigenvalue weighted by Crippen LogP contribution is 2.17. The predicted octanol–water partition coefficient (Wildman–Crippen LogP) is -1.61. The second-order valence-electron chi connectivity index (χ2n) is 4.21. The summed E-state index contributed by atoms with van der Waals surface area (Å²) in [5, 5.41) is 3.77. The van der Waals surface area contributed by atoms with Crippen molar-refractivity contribution < 1.29 is 14.0 Å². The molecule has 1 aromatic heterocycles. The number of carbonyl (C=O) groups is 2. The van der Waals surface area contributed by atoms with Crippen molar-refractivity contribution in [2.75, 3.05) is 6.54 Å². The first kappa shape index (κ1) is 12.3. The third kappa shape index (κ3) is 2.27. The van der Waals surface area contributed by atoms with Crippen molar-refractivity contribution >= 4 is 11.8 Å². The van der Waals surface area contributed by atoms with Crippen LogP contribution in [-0.4, -0.2) is 39.1 Å². The highest BCUT2D eigenvalue weighted by atomic mass is 16.4. The molecule has 1 aliphatic heterocycles. The Labute approximate surface area is 102 Å². The van der Waals surface area contributed by atoms with Gasteiger partial charge in [-0.15, -0.1) is 5.10 Å². The van der Waals surface area contributed by atoms with Crippen molar-refractivity contribution in [3.05, 3.63) is 16.4 Å². The van der Waals surface area contributed by atoms with E-state index >= 15 is 0 Å². The van der Waals surface area contributed by atoms with Gasteiger partial charge in [0.1, 0.15) is 12.5 Å². The van der Waals surface area contributed by atoms with Gasteiger partial charge in [-0.2, -0.15) is 4.68 Å². The van der Waals surface area contributed by atoms with E-state index in [1.54, 1.807) is 0 Å². The summed E-state index contributed by atoms with van der Waals surface area (Å²) in [6.07, 6.45) is 1.18. The van der Waals surface area contributed by atoms with Crippen LogP contribution in [0, 0.1) is 0 Å². The first-order valence-electron chi connectivity index (χ1n) is 5.61.